The summed E-state index contributed by atoms with van der Waals surface area (Å²) in [5.41, 5.74) is 2.95. The van der Waals surface area contributed by atoms with E-state index < -0.39 is 10.2 Å². The van der Waals surface area contributed by atoms with Gasteiger partial charge < -0.3 is 9.88 Å². The number of allylic oxidation sites excluding steroid dienone is 1. The number of benzene rings is 2. The van der Waals surface area contributed by atoms with Crippen LogP contribution in [0.15, 0.2) is 60.3 Å². The summed E-state index contributed by atoms with van der Waals surface area (Å²) in [4.78, 5) is 32.7. The second-order valence-corrected chi connectivity index (χ2v) is 9.82. The molecule has 3 aromatic heterocycles. The third kappa shape index (κ3) is 4.33. The number of hydrogen-bond acceptors (Lipinski definition) is 9. The van der Waals surface area contributed by atoms with Crippen LogP contribution in [0.4, 0.5) is 10.8 Å². The van der Waals surface area contributed by atoms with E-state index in [1.807, 2.05) is 35.8 Å². The molecule has 0 saturated heterocycles. The van der Waals surface area contributed by atoms with Crippen LogP contribution in [0.25, 0.3) is 32.3 Å². The van der Waals surface area contributed by atoms with Gasteiger partial charge >= 0.3 is 0 Å². The topological polar surface area (TPSA) is 129 Å². The maximum absolute atomic E-state index is 13.0. The predicted molar refractivity (Wildman–Crippen MR) is 138 cm³/mol. The fourth-order valence-electron chi connectivity index (χ4n) is 3.77. The summed E-state index contributed by atoms with van der Waals surface area (Å²) in [7, 11) is 0. The summed E-state index contributed by atoms with van der Waals surface area (Å²) in [6.45, 7) is 6.32. The van der Waals surface area contributed by atoms with E-state index in [4.69, 9.17) is 4.98 Å². The first-order valence-corrected chi connectivity index (χ1v) is 12.4. The summed E-state index contributed by atoms with van der Waals surface area (Å²) in [5, 5.41) is 23.8. The normalized spacial score (nSPS) is 12.3. The number of aromatic nitrogens is 5. The fourth-order valence-corrected chi connectivity index (χ4v) is 5.48. The molecule has 0 aliphatic heterocycles. The number of amides is 1. The number of carbonyl (C=O) groups is 1. The van der Waals surface area contributed by atoms with Crippen molar-refractivity contribution in [3.63, 3.8) is 0 Å². The molecule has 5 rings (SSSR count). The molecule has 35 heavy (non-hydrogen) atoms. The lowest BCUT2D eigenvalue weighted by molar-refractivity contribution is -0.384. The summed E-state index contributed by atoms with van der Waals surface area (Å²) in [6.07, 6.45) is 2.33. The molecular weight excluding hydrogens is 486 g/mol. The second kappa shape index (κ2) is 9.39. The average Bonchev–Trinajstić information content (AvgIpc) is 3.40. The van der Waals surface area contributed by atoms with Crippen molar-refractivity contribution in [3.8, 4) is 0 Å². The Morgan fingerprint density at radius 1 is 1.29 bits per heavy atom. The molecule has 2 aromatic carbocycles. The molecule has 0 bridgehead atoms. The van der Waals surface area contributed by atoms with Gasteiger partial charge in [-0.2, -0.15) is 0 Å². The maximum atomic E-state index is 13.0. The number of nitrogens with zero attached hydrogens (tertiary/aromatic N) is 6. The Balaban J connectivity index is 1.40. The van der Waals surface area contributed by atoms with Gasteiger partial charge in [0.2, 0.25) is 11.1 Å². The third-order valence-electron chi connectivity index (χ3n) is 5.39. The molecule has 12 heteroatoms. The number of anilines is 1. The van der Waals surface area contributed by atoms with Crippen molar-refractivity contribution in [1.82, 2.24) is 24.7 Å². The van der Waals surface area contributed by atoms with E-state index in [0.717, 1.165) is 10.9 Å². The van der Waals surface area contributed by atoms with Crippen LogP contribution < -0.4 is 5.32 Å². The molecular formula is C23H19N7O3S2. The maximum Gasteiger partial charge on any atom is 0.270 e. The van der Waals surface area contributed by atoms with E-state index >= 15 is 0 Å². The van der Waals surface area contributed by atoms with Gasteiger partial charge in [0, 0.05) is 24.1 Å². The number of rotatable bonds is 8. The zero-order chi connectivity index (χ0) is 24.5. The molecule has 0 saturated carbocycles. The Morgan fingerprint density at radius 2 is 2.11 bits per heavy atom. The average molecular weight is 506 g/mol. The van der Waals surface area contributed by atoms with E-state index in [-0.39, 0.29) is 11.6 Å². The second-order valence-electron chi connectivity index (χ2n) is 7.62. The van der Waals surface area contributed by atoms with Gasteiger partial charge in [-0.05, 0) is 18.6 Å². The first-order chi connectivity index (χ1) is 17.0. The van der Waals surface area contributed by atoms with Crippen LogP contribution in [0.1, 0.15) is 13.3 Å². The van der Waals surface area contributed by atoms with Gasteiger partial charge in [0.15, 0.2) is 10.8 Å². The van der Waals surface area contributed by atoms with Crippen molar-refractivity contribution in [2.24, 2.45) is 0 Å². The number of thioether (sulfide) groups is 1. The molecule has 10 nitrogen and oxygen atoms in total. The highest BCUT2D eigenvalue weighted by Gasteiger charge is 2.23. The predicted octanol–water partition coefficient (Wildman–Crippen LogP) is 5.19. The van der Waals surface area contributed by atoms with Crippen LogP contribution in [0.2, 0.25) is 0 Å². The molecule has 0 aliphatic rings. The number of carbonyl (C=O) groups excluding carboxylic acids is 1. The molecule has 1 unspecified atom stereocenters. The Hall–Kier alpha value is -3.90. The summed E-state index contributed by atoms with van der Waals surface area (Å²) < 4.78 is 2.65. The number of thiazole rings is 1. The number of nitro groups is 1. The van der Waals surface area contributed by atoms with Gasteiger partial charge in [-0.15, -0.1) is 16.8 Å². The van der Waals surface area contributed by atoms with E-state index in [0.29, 0.717) is 44.6 Å². The van der Waals surface area contributed by atoms with Crippen LogP contribution in [0.3, 0.4) is 0 Å². The monoisotopic (exact) mass is 505 g/mol. The zero-order valence-corrected chi connectivity index (χ0v) is 20.2. The number of hydrogen-bond donors (Lipinski definition) is 1. The van der Waals surface area contributed by atoms with E-state index in [1.165, 1.54) is 35.2 Å². The highest BCUT2D eigenvalue weighted by molar-refractivity contribution is 8.00. The minimum absolute atomic E-state index is 0.0186. The third-order valence-corrected chi connectivity index (χ3v) is 7.54. The first-order valence-electron chi connectivity index (χ1n) is 10.7. The molecule has 5 aromatic rings. The van der Waals surface area contributed by atoms with Crippen molar-refractivity contribution in [2.75, 3.05) is 5.32 Å². The smallest absolute Gasteiger partial charge is 0.270 e. The van der Waals surface area contributed by atoms with Crippen LogP contribution in [-0.4, -0.2) is 40.8 Å². The van der Waals surface area contributed by atoms with Gasteiger partial charge in [-0.1, -0.05) is 54.3 Å². The molecule has 3 heterocycles. The van der Waals surface area contributed by atoms with Crippen molar-refractivity contribution in [2.45, 2.75) is 30.3 Å². The molecule has 0 spiro atoms. The van der Waals surface area contributed by atoms with Crippen LogP contribution in [0.5, 0.6) is 0 Å². The lowest BCUT2D eigenvalue weighted by Gasteiger charge is -2.12. The molecule has 0 aliphatic carbocycles. The lowest BCUT2D eigenvalue weighted by atomic mass is 10.2. The summed E-state index contributed by atoms with van der Waals surface area (Å²) in [6, 6.07) is 12.3. The highest BCUT2D eigenvalue weighted by Crippen LogP contribution is 2.32. The summed E-state index contributed by atoms with van der Waals surface area (Å²) >= 11 is 2.42. The molecule has 0 fully saturated rings. The molecule has 0 radical (unpaired) electrons. The molecule has 1 N–H and O–H groups in total. The Labute approximate surface area is 207 Å². The van der Waals surface area contributed by atoms with Gasteiger partial charge in [0.1, 0.15) is 5.52 Å². The SMILES string of the molecule is C=CCn1c2ccccc2c2nnc(SC(CC)C(=O)Nc3nc4ccc([N+](=O)[O-])cc4s3)nc21. The lowest BCUT2D eigenvalue weighted by Crippen LogP contribution is -2.24. The van der Waals surface area contributed by atoms with Crippen molar-refractivity contribution < 1.29 is 9.72 Å². The van der Waals surface area contributed by atoms with Crippen LogP contribution in [-0.2, 0) is 11.3 Å². The fraction of sp³-hybridized carbons (Fsp3) is 0.174. The first kappa shape index (κ1) is 22.9. The van der Waals surface area contributed by atoms with Gasteiger partial charge in [-0.25, -0.2) is 9.97 Å². The van der Waals surface area contributed by atoms with Gasteiger partial charge in [0.05, 0.1) is 25.9 Å². The minimum atomic E-state index is -0.479. The highest BCUT2D eigenvalue weighted by atomic mass is 32.2. The van der Waals surface area contributed by atoms with Crippen LogP contribution >= 0.6 is 23.1 Å². The quantitative estimate of drug-likeness (QED) is 0.132. The van der Waals surface area contributed by atoms with Crippen molar-refractivity contribution >= 4 is 72.1 Å². The Kier molecular flexibility index (Phi) is 6.14. The molecule has 1 atom stereocenters. The van der Waals surface area contributed by atoms with E-state index in [1.54, 1.807) is 12.1 Å². The zero-order valence-electron chi connectivity index (χ0n) is 18.5. The van der Waals surface area contributed by atoms with Gasteiger partial charge in [-0.3, -0.25) is 14.9 Å². The number of nitrogens with one attached hydrogen (secondary N) is 1. The minimum Gasteiger partial charge on any atom is -0.320 e. The molecule has 1 amide bonds. The van der Waals surface area contributed by atoms with Gasteiger partial charge in [0.25, 0.3) is 5.69 Å². The van der Waals surface area contributed by atoms with Crippen molar-refractivity contribution in [3.05, 3.63) is 65.2 Å². The largest absolute Gasteiger partial charge is 0.320 e. The standard InChI is InChI=1S/C23H19N7O3S2/c1-3-11-29-16-8-6-5-7-14(16)19-20(29)25-23(28-27-19)34-17(4-2)21(31)26-22-24-15-10-9-13(30(32)33)12-18(15)35-22/h3,5-10,12,17H,1,4,11H2,2H3,(H,24,26,31). The van der Waals surface area contributed by atoms with Crippen molar-refractivity contribution in [1.29, 1.82) is 0 Å². The number of non-ortho nitro benzene ring substituents is 1. The summed E-state index contributed by atoms with van der Waals surface area (Å²) in [5.74, 6) is -0.249. The Bertz CT molecular complexity index is 1610. The Morgan fingerprint density at radius 3 is 2.89 bits per heavy atom. The van der Waals surface area contributed by atoms with E-state index in [2.05, 4.69) is 27.1 Å². The number of fused-ring (bicyclic) bond motifs is 4. The number of para-hydroxylation sites is 1. The molecule has 176 valence electrons. The van der Waals surface area contributed by atoms with E-state index in [9.17, 15) is 14.9 Å². The van der Waals surface area contributed by atoms with Crippen LogP contribution in [0, 0.1) is 10.1 Å². The number of nitro benzene ring substituents is 1.